The van der Waals surface area contributed by atoms with Gasteiger partial charge in [-0.15, -0.1) is 0 Å². The van der Waals surface area contributed by atoms with Crippen LogP contribution in [-0.2, 0) is 10.4 Å². The molecule has 0 fully saturated rings. The molecule has 0 aromatic rings. The van der Waals surface area contributed by atoms with Crippen molar-refractivity contribution in [1.29, 1.82) is 0 Å². The summed E-state index contributed by atoms with van der Waals surface area (Å²) >= 11 is 0. The van der Waals surface area contributed by atoms with Gasteiger partial charge in [-0.2, -0.15) is 0 Å². The third-order valence-corrected chi connectivity index (χ3v) is 0. The van der Waals surface area contributed by atoms with Crippen LogP contribution in [0.15, 0.2) is 0 Å². The molecule has 0 saturated carbocycles. The average Bonchev–Trinajstić information content (AvgIpc) is 0.722. The van der Waals surface area contributed by atoms with Gasteiger partial charge in [0.05, 0.1) is 0 Å². The Balaban J connectivity index is 0. The van der Waals surface area contributed by atoms with E-state index < -0.39 is 10.4 Å². The van der Waals surface area contributed by atoms with E-state index in [1.807, 2.05) is 0 Å². The van der Waals surface area contributed by atoms with E-state index in [0.29, 0.717) is 0 Å². The van der Waals surface area contributed by atoms with Gasteiger partial charge in [0.25, 0.3) is 0 Å². The SMILES string of the molecule is O=S(=O)([O-])O.[Li+]. The van der Waals surface area contributed by atoms with E-state index in [4.69, 9.17) is 17.5 Å². The van der Waals surface area contributed by atoms with Crippen molar-refractivity contribution < 1.29 is 36.4 Å². The topological polar surface area (TPSA) is 77.4 Å². The molecule has 1 N–H and O–H groups in total. The van der Waals surface area contributed by atoms with Gasteiger partial charge in [0.1, 0.15) is 0 Å². The fraction of sp³-hybridized carbons (Fsp3) is 0. The summed E-state index contributed by atoms with van der Waals surface area (Å²) in [4.78, 5) is 0. The normalized spacial score (nSPS) is 9.67. The molecule has 0 aromatic heterocycles. The largest absolute Gasteiger partial charge is 1.00 e. The van der Waals surface area contributed by atoms with Crippen LogP contribution >= 0.6 is 0 Å². The van der Waals surface area contributed by atoms with Crippen LogP contribution in [0.2, 0.25) is 0 Å². The summed E-state index contributed by atoms with van der Waals surface area (Å²) in [5.41, 5.74) is 0. The molecule has 0 spiro atoms. The molecule has 0 aromatic carbocycles. The first-order valence-corrected chi connectivity index (χ1v) is 2.05. The molecular formula is HLiO4S. The Morgan fingerprint density at radius 2 is 1.50 bits per heavy atom. The van der Waals surface area contributed by atoms with Crippen LogP contribution in [0, 0.1) is 0 Å². The zero-order chi connectivity index (χ0) is 4.50. The van der Waals surface area contributed by atoms with Crippen LogP contribution in [0.5, 0.6) is 0 Å². The van der Waals surface area contributed by atoms with Gasteiger partial charge in [-0.25, -0.2) is 8.42 Å². The Hall–Kier alpha value is 0.467. The molecule has 0 amide bonds. The maximum absolute atomic E-state index is 8.63. The first-order chi connectivity index (χ1) is 2.00. The molecule has 0 heterocycles. The minimum atomic E-state index is -4.92. The van der Waals surface area contributed by atoms with Crippen molar-refractivity contribution in [3.05, 3.63) is 0 Å². The molecule has 0 unspecified atom stereocenters. The van der Waals surface area contributed by atoms with Crippen molar-refractivity contribution in [2.75, 3.05) is 0 Å². The van der Waals surface area contributed by atoms with E-state index in [0.717, 1.165) is 0 Å². The standard InChI is InChI=1S/Li.H2O4S/c;1-5(2,3)4/h;(H2,1,2,3,4)/q+1;/p-1. The van der Waals surface area contributed by atoms with Crippen molar-refractivity contribution in [1.82, 2.24) is 0 Å². The minimum Gasteiger partial charge on any atom is -0.726 e. The van der Waals surface area contributed by atoms with Gasteiger partial charge >= 0.3 is 18.9 Å². The Bertz CT molecular complexity index is 90.7. The molecule has 0 aliphatic rings. The summed E-state index contributed by atoms with van der Waals surface area (Å²) in [7, 11) is -4.92. The second-order valence-corrected chi connectivity index (χ2v) is 1.28. The van der Waals surface area contributed by atoms with Gasteiger partial charge in [-0.1, -0.05) is 0 Å². The molecule has 0 radical (unpaired) electrons. The van der Waals surface area contributed by atoms with Gasteiger partial charge in [0, 0.05) is 0 Å². The molecule has 6 heteroatoms. The van der Waals surface area contributed by atoms with Crippen LogP contribution in [0.3, 0.4) is 0 Å². The zero-order valence-corrected chi connectivity index (χ0v) is 3.90. The number of hydrogen-bond acceptors (Lipinski definition) is 3. The van der Waals surface area contributed by atoms with Gasteiger partial charge < -0.3 is 4.55 Å². The molecule has 0 aliphatic carbocycles. The van der Waals surface area contributed by atoms with Crippen molar-refractivity contribution in [2.24, 2.45) is 0 Å². The third kappa shape index (κ3) is 246. The quantitative estimate of drug-likeness (QED) is 0.193. The molecule has 0 bridgehead atoms. The molecule has 4 nitrogen and oxygen atoms in total. The van der Waals surface area contributed by atoms with Gasteiger partial charge in [-0.3, -0.25) is 4.55 Å². The van der Waals surface area contributed by atoms with Crippen LogP contribution in [0.4, 0.5) is 0 Å². The van der Waals surface area contributed by atoms with E-state index in [-0.39, 0.29) is 18.9 Å². The average molecular weight is 104 g/mol. The Kier molecular flexibility index (Phi) is 4.21. The smallest absolute Gasteiger partial charge is 0.726 e. The monoisotopic (exact) mass is 104 g/mol. The zero-order valence-electron chi connectivity index (χ0n) is 3.08. The minimum absolute atomic E-state index is 0. The molecule has 0 atom stereocenters. The van der Waals surface area contributed by atoms with Crippen molar-refractivity contribution in [3.63, 3.8) is 0 Å². The summed E-state index contributed by atoms with van der Waals surface area (Å²) in [6.45, 7) is 0. The second kappa shape index (κ2) is 2.61. The Morgan fingerprint density at radius 1 is 1.50 bits per heavy atom. The molecule has 0 aliphatic heterocycles. The van der Waals surface area contributed by atoms with Crippen LogP contribution in [0.25, 0.3) is 0 Å². The predicted octanol–water partition coefficient (Wildman–Crippen LogP) is -3.99. The molecule has 0 saturated heterocycles. The summed E-state index contributed by atoms with van der Waals surface area (Å²) < 4.78 is 32.8. The van der Waals surface area contributed by atoms with Crippen LogP contribution in [0.1, 0.15) is 0 Å². The molecule has 32 valence electrons. The van der Waals surface area contributed by atoms with E-state index >= 15 is 0 Å². The van der Waals surface area contributed by atoms with E-state index in [2.05, 4.69) is 0 Å². The number of hydrogen-bond donors (Lipinski definition) is 1. The fourth-order valence-electron chi connectivity index (χ4n) is 0. The number of rotatable bonds is 0. The Morgan fingerprint density at radius 3 is 1.50 bits per heavy atom. The van der Waals surface area contributed by atoms with Crippen LogP contribution in [-0.4, -0.2) is 17.5 Å². The maximum Gasteiger partial charge on any atom is 1.00 e. The van der Waals surface area contributed by atoms with Gasteiger partial charge in [0.15, 0.2) is 0 Å². The fourth-order valence-corrected chi connectivity index (χ4v) is 0. The summed E-state index contributed by atoms with van der Waals surface area (Å²) in [5.74, 6) is 0. The van der Waals surface area contributed by atoms with Crippen molar-refractivity contribution in [3.8, 4) is 0 Å². The molecule has 6 heavy (non-hydrogen) atoms. The Labute approximate surface area is 47.3 Å². The summed E-state index contributed by atoms with van der Waals surface area (Å²) in [6, 6.07) is 0. The van der Waals surface area contributed by atoms with E-state index in [9.17, 15) is 0 Å². The third-order valence-electron chi connectivity index (χ3n) is 0. The van der Waals surface area contributed by atoms with Crippen molar-refractivity contribution >= 4 is 10.4 Å². The summed E-state index contributed by atoms with van der Waals surface area (Å²) in [5, 5.41) is 0. The molecular weight excluding hydrogens is 103 g/mol. The predicted molar refractivity (Wildman–Crippen MR) is 12.3 cm³/mol. The van der Waals surface area contributed by atoms with E-state index in [1.165, 1.54) is 0 Å². The first-order valence-electron chi connectivity index (χ1n) is 0.683. The van der Waals surface area contributed by atoms with Gasteiger partial charge in [0.2, 0.25) is 10.4 Å². The van der Waals surface area contributed by atoms with Gasteiger partial charge in [-0.05, 0) is 0 Å². The maximum atomic E-state index is 8.63. The molecule has 0 rings (SSSR count). The first kappa shape index (κ1) is 9.69. The summed E-state index contributed by atoms with van der Waals surface area (Å²) in [6.07, 6.45) is 0. The van der Waals surface area contributed by atoms with Crippen LogP contribution < -0.4 is 18.9 Å². The van der Waals surface area contributed by atoms with Crippen molar-refractivity contribution in [2.45, 2.75) is 0 Å². The second-order valence-electron chi connectivity index (χ2n) is 0.428. The van der Waals surface area contributed by atoms with E-state index in [1.54, 1.807) is 0 Å².